The third-order valence-corrected chi connectivity index (χ3v) is 2.93. The van der Waals surface area contributed by atoms with Gasteiger partial charge < -0.3 is 14.9 Å². The third kappa shape index (κ3) is 1.85. The van der Waals surface area contributed by atoms with E-state index in [1.807, 2.05) is 0 Å². The summed E-state index contributed by atoms with van der Waals surface area (Å²) in [5.41, 5.74) is 6.80. The van der Waals surface area contributed by atoms with Crippen LogP contribution in [0.2, 0.25) is 0 Å². The van der Waals surface area contributed by atoms with Gasteiger partial charge in [-0.2, -0.15) is 0 Å². The summed E-state index contributed by atoms with van der Waals surface area (Å²) in [5, 5.41) is 0. The molecule has 0 fully saturated rings. The zero-order valence-electron chi connectivity index (χ0n) is 10.5. The molecule has 0 aliphatic rings. The largest absolute Gasteiger partial charge is 0.494 e. The number of oxazole rings is 1. The Labute approximate surface area is 112 Å². The normalized spacial score (nSPS) is 10.9. The number of rotatable bonds is 2. The van der Waals surface area contributed by atoms with Gasteiger partial charge in [-0.05, 0) is 30.3 Å². The minimum Gasteiger partial charge on any atom is -0.494 e. The number of hydrogen-bond donors (Lipinski definition) is 1. The Morgan fingerprint density at radius 2 is 2.00 bits per heavy atom. The zero-order valence-corrected chi connectivity index (χ0v) is 10.5. The summed E-state index contributed by atoms with van der Waals surface area (Å²) >= 11 is 0. The summed E-state index contributed by atoms with van der Waals surface area (Å²) in [7, 11) is 1.47. The highest BCUT2D eigenvalue weighted by Gasteiger charge is 2.16. The number of ether oxygens (including phenoxy) is 1. The molecule has 0 amide bonds. The number of fused-ring (bicyclic) bond motifs is 1. The van der Waals surface area contributed by atoms with E-state index in [-0.39, 0.29) is 22.7 Å². The molecule has 4 nitrogen and oxygen atoms in total. The highest BCUT2D eigenvalue weighted by atomic mass is 19.1. The van der Waals surface area contributed by atoms with Crippen molar-refractivity contribution < 1.29 is 17.9 Å². The Balaban J connectivity index is 2.23. The van der Waals surface area contributed by atoms with E-state index >= 15 is 0 Å². The summed E-state index contributed by atoms with van der Waals surface area (Å²) in [5.74, 6) is -0.797. The molecule has 0 spiro atoms. The van der Waals surface area contributed by atoms with Crippen LogP contribution in [-0.2, 0) is 0 Å². The lowest BCUT2D eigenvalue weighted by Crippen LogP contribution is -1.91. The van der Waals surface area contributed by atoms with Gasteiger partial charge in [0.05, 0.1) is 12.7 Å². The van der Waals surface area contributed by atoms with Crippen LogP contribution in [0.1, 0.15) is 0 Å². The second kappa shape index (κ2) is 4.48. The number of benzene rings is 2. The van der Waals surface area contributed by atoms with Gasteiger partial charge in [0.2, 0.25) is 5.89 Å². The molecule has 2 N–H and O–H groups in total. The maximum atomic E-state index is 13.7. The fourth-order valence-corrected chi connectivity index (χ4v) is 1.95. The standard InChI is InChI=1S/C14H10F2N2O2/c1-19-11-5-4-10-13(12(11)17)20-14(18-10)8-6-7(15)2-3-9(8)16/h2-6H,17H2,1H3. The second-order valence-electron chi connectivity index (χ2n) is 4.17. The molecule has 1 aromatic heterocycles. The summed E-state index contributed by atoms with van der Waals surface area (Å²) < 4.78 is 37.4. The number of nitrogen functional groups attached to an aromatic ring is 1. The first-order valence-electron chi connectivity index (χ1n) is 5.78. The Morgan fingerprint density at radius 3 is 2.75 bits per heavy atom. The molecule has 0 unspecified atom stereocenters. The number of nitrogens with two attached hydrogens (primary N) is 1. The van der Waals surface area contributed by atoms with Crippen LogP contribution in [0.25, 0.3) is 22.6 Å². The SMILES string of the molecule is COc1ccc2nc(-c3cc(F)ccc3F)oc2c1N. The van der Waals surface area contributed by atoms with Crippen LogP contribution in [-0.4, -0.2) is 12.1 Å². The average Bonchev–Trinajstić information content (AvgIpc) is 2.87. The molecule has 0 aliphatic heterocycles. The second-order valence-corrected chi connectivity index (χ2v) is 4.17. The fraction of sp³-hybridized carbons (Fsp3) is 0.0714. The highest BCUT2D eigenvalue weighted by molar-refractivity contribution is 5.90. The van der Waals surface area contributed by atoms with E-state index in [2.05, 4.69) is 4.98 Å². The van der Waals surface area contributed by atoms with E-state index in [9.17, 15) is 8.78 Å². The Bertz CT molecular complexity index is 799. The van der Waals surface area contributed by atoms with Crippen LogP contribution in [0.3, 0.4) is 0 Å². The van der Waals surface area contributed by atoms with E-state index in [1.165, 1.54) is 7.11 Å². The molecule has 6 heteroatoms. The maximum absolute atomic E-state index is 13.7. The summed E-state index contributed by atoms with van der Waals surface area (Å²) in [4.78, 5) is 4.11. The fourth-order valence-electron chi connectivity index (χ4n) is 1.95. The van der Waals surface area contributed by atoms with Gasteiger partial charge in [-0.25, -0.2) is 13.8 Å². The van der Waals surface area contributed by atoms with E-state index in [0.29, 0.717) is 11.3 Å². The summed E-state index contributed by atoms with van der Waals surface area (Å²) in [6.07, 6.45) is 0. The van der Waals surface area contributed by atoms with Gasteiger partial charge in [0.25, 0.3) is 0 Å². The Hall–Kier alpha value is -2.63. The molecule has 2 aromatic carbocycles. The molecule has 20 heavy (non-hydrogen) atoms. The molecular weight excluding hydrogens is 266 g/mol. The van der Waals surface area contributed by atoms with Gasteiger partial charge in [0.1, 0.15) is 28.6 Å². The van der Waals surface area contributed by atoms with Gasteiger partial charge in [0, 0.05) is 0 Å². The predicted octanol–water partition coefficient (Wildman–Crippen LogP) is 3.36. The molecule has 3 aromatic rings. The van der Waals surface area contributed by atoms with Crippen molar-refractivity contribution in [1.29, 1.82) is 0 Å². The molecule has 3 rings (SSSR count). The highest BCUT2D eigenvalue weighted by Crippen LogP contribution is 2.34. The minimum absolute atomic E-state index is 0.0306. The number of aromatic nitrogens is 1. The first-order valence-corrected chi connectivity index (χ1v) is 5.78. The first-order chi connectivity index (χ1) is 9.60. The third-order valence-electron chi connectivity index (χ3n) is 2.93. The van der Waals surface area contributed by atoms with Crippen molar-refractivity contribution in [3.63, 3.8) is 0 Å². The molecule has 0 bridgehead atoms. The van der Waals surface area contributed by atoms with E-state index in [0.717, 1.165) is 18.2 Å². The van der Waals surface area contributed by atoms with Crippen molar-refractivity contribution in [3.05, 3.63) is 42.0 Å². The van der Waals surface area contributed by atoms with Crippen molar-refractivity contribution in [2.45, 2.75) is 0 Å². The molecule has 0 radical (unpaired) electrons. The smallest absolute Gasteiger partial charge is 0.230 e. The van der Waals surface area contributed by atoms with Gasteiger partial charge in [-0.3, -0.25) is 0 Å². The molecule has 1 heterocycles. The lowest BCUT2D eigenvalue weighted by Gasteiger charge is -2.02. The van der Waals surface area contributed by atoms with Crippen molar-refractivity contribution in [2.24, 2.45) is 0 Å². The monoisotopic (exact) mass is 276 g/mol. The number of nitrogens with zero attached hydrogens (tertiary/aromatic N) is 1. The number of hydrogen-bond acceptors (Lipinski definition) is 4. The lowest BCUT2D eigenvalue weighted by atomic mass is 10.2. The predicted molar refractivity (Wildman–Crippen MR) is 70.3 cm³/mol. The average molecular weight is 276 g/mol. The molecule has 0 saturated heterocycles. The summed E-state index contributed by atoms with van der Waals surface area (Å²) in [6, 6.07) is 6.33. The van der Waals surface area contributed by atoms with Crippen molar-refractivity contribution in [3.8, 4) is 17.2 Å². The van der Waals surface area contributed by atoms with Crippen LogP contribution in [0.15, 0.2) is 34.7 Å². The van der Waals surface area contributed by atoms with Crippen LogP contribution in [0.4, 0.5) is 14.5 Å². The quantitative estimate of drug-likeness (QED) is 0.729. The minimum atomic E-state index is -0.622. The molecule has 0 atom stereocenters. The molecular formula is C14H10F2N2O2. The zero-order chi connectivity index (χ0) is 14.3. The number of methoxy groups -OCH3 is 1. The van der Waals surface area contributed by atoms with Crippen LogP contribution in [0, 0.1) is 11.6 Å². The van der Waals surface area contributed by atoms with Crippen molar-refractivity contribution in [1.82, 2.24) is 4.98 Å². The van der Waals surface area contributed by atoms with Crippen LogP contribution < -0.4 is 10.5 Å². The lowest BCUT2D eigenvalue weighted by molar-refractivity contribution is 0.417. The first kappa shape index (κ1) is 12.4. The van der Waals surface area contributed by atoms with E-state index in [4.69, 9.17) is 14.9 Å². The number of anilines is 1. The number of halogens is 2. The van der Waals surface area contributed by atoms with Gasteiger partial charge >= 0.3 is 0 Å². The molecule has 0 saturated carbocycles. The van der Waals surface area contributed by atoms with Gasteiger partial charge in [-0.1, -0.05) is 0 Å². The van der Waals surface area contributed by atoms with Crippen LogP contribution in [0.5, 0.6) is 5.75 Å². The molecule has 0 aliphatic carbocycles. The Morgan fingerprint density at radius 1 is 1.20 bits per heavy atom. The van der Waals surface area contributed by atoms with Gasteiger partial charge in [-0.15, -0.1) is 0 Å². The topological polar surface area (TPSA) is 61.3 Å². The van der Waals surface area contributed by atoms with Crippen molar-refractivity contribution >= 4 is 16.8 Å². The Kier molecular flexibility index (Phi) is 2.78. The summed E-state index contributed by atoms with van der Waals surface area (Å²) in [6.45, 7) is 0. The van der Waals surface area contributed by atoms with E-state index < -0.39 is 11.6 Å². The molecule has 102 valence electrons. The van der Waals surface area contributed by atoms with Crippen LogP contribution >= 0.6 is 0 Å². The van der Waals surface area contributed by atoms with E-state index in [1.54, 1.807) is 12.1 Å². The van der Waals surface area contributed by atoms with Crippen molar-refractivity contribution in [2.75, 3.05) is 12.8 Å². The maximum Gasteiger partial charge on any atom is 0.230 e. The van der Waals surface area contributed by atoms with Gasteiger partial charge in [0.15, 0.2) is 5.58 Å².